The highest BCUT2D eigenvalue weighted by Crippen LogP contribution is 2.44. The molecule has 0 saturated carbocycles. The summed E-state index contributed by atoms with van der Waals surface area (Å²) in [5.41, 5.74) is 6.57. The number of H-pyrrole nitrogens is 1. The Morgan fingerprint density at radius 1 is 1.09 bits per heavy atom. The Bertz CT molecular complexity index is 1270. The van der Waals surface area contributed by atoms with Gasteiger partial charge in [0.2, 0.25) is 0 Å². The normalized spacial score (nSPS) is 12.8. The summed E-state index contributed by atoms with van der Waals surface area (Å²) in [4.78, 5) is 19.6. The Morgan fingerprint density at radius 2 is 1.81 bits per heavy atom. The van der Waals surface area contributed by atoms with E-state index in [1.165, 1.54) is 22.3 Å². The first-order valence-corrected chi connectivity index (χ1v) is 11.0. The molecule has 5 nitrogen and oxygen atoms in total. The van der Waals surface area contributed by atoms with Gasteiger partial charge in [0.15, 0.2) is 0 Å². The van der Waals surface area contributed by atoms with Crippen LogP contribution in [0.3, 0.4) is 0 Å². The Balaban J connectivity index is 1.14. The Morgan fingerprint density at radius 3 is 2.56 bits per heavy atom. The molecular formula is C26H22ClN3O2. The fraction of sp³-hybridized carbons (Fsp3) is 0.154. The zero-order valence-corrected chi connectivity index (χ0v) is 18.1. The lowest BCUT2D eigenvalue weighted by Gasteiger charge is -2.14. The number of aromatic nitrogens is 2. The summed E-state index contributed by atoms with van der Waals surface area (Å²) in [6.07, 6.45) is 7.79. The summed E-state index contributed by atoms with van der Waals surface area (Å²) in [5.74, 6) is 0.0632. The van der Waals surface area contributed by atoms with Gasteiger partial charge in [-0.05, 0) is 34.7 Å². The van der Waals surface area contributed by atoms with Crippen LogP contribution in [0.2, 0.25) is 5.02 Å². The van der Waals surface area contributed by atoms with E-state index in [-0.39, 0.29) is 5.92 Å². The van der Waals surface area contributed by atoms with Crippen molar-refractivity contribution in [2.45, 2.75) is 12.3 Å². The minimum atomic E-state index is -0.403. The predicted molar refractivity (Wildman–Crippen MR) is 128 cm³/mol. The van der Waals surface area contributed by atoms with Crippen molar-refractivity contribution in [1.29, 1.82) is 0 Å². The molecule has 2 aromatic carbocycles. The Labute approximate surface area is 191 Å². The summed E-state index contributed by atoms with van der Waals surface area (Å²) in [6, 6.07) is 18.4. The lowest BCUT2D eigenvalue weighted by Crippen LogP contribution is -2.26. The number of halogens is 1. The van der Waals surface area contributed by atoms with Crippen LogP contribution in [0.4, 0.5) is 4.79 Å². The molecule has 1 amide bonds. The van der Waals surface area contributed by atoms with Crippen LogP contribution in [0.1, 0.15) is 29.0 Å². The molecular weight excluding hydrogens is 422 g/mol. The standard InChI is InChI=1S/C26H22ClN3O2/c27-23-12-14-28-25-24(23)17(15-30-25)7-5-6-13-29-26(31)32-16-22-20-10-3-1-8-18(20)19-9-2-4-11-21(19)22/h1-5,7-12,14-15,22H,6,13,16H2,(H,28,30)(H,29,31). The number of aromatic amines is 1. The van der Waals surface area contributed by atoms with E-state index in [2.05, 4.69) is 39.6 Å². The number of fused-ring (bicyclic) bond motifs is 4. The first-order chi connectivity index (χ1) is 15.7. The number of hydrogen-bond acceptors (Lipinski definition) is 3. The van der Waals surface area contributed by atoms with Gasteiger partial charge in [-0.25, -0.2) is 9.78 Å². The lowest BCUT2D eigenvalue weighted by molar-refractivity contribution is 0.143. The smallest absolute Gasteiger partial charge is 0.407 e. The van der Waals surface area contributed by atoms with Crippen molar-refractivity contribution >= 4 is 34.8 Å². The van der Waals surface area contributed by atoms with Crippen LogP contribution in [0.15, 0.2) is 73.1 Å². The average molecular weight is 444 g/mol. The molecule has 1 aliphatic rings. The van der Waals surface area contributed by atoms with Gasteiger partial charge in [-0.2, -0.15) is 0 Å². The Kier molecular flexibility index (Phi) is 5.65. The second-order valence-electron chi connectivity index (χ2n) is 7.70. The molecule has 2 aromatic heterocycles. The van der Waals surface area contributed by atoms with Crippen molar-refractivity contribution in [2.75, 3.05) is 13.2 Å². The van der Waals surface area contributed by atoms with Gasteiger partial charge in [-0.3, -0.25) is 0 Å². The van der Waals surface area contributed by atoms with Gasteiger partial charge < -0.3 is 15.0 Å². The molecule has 0 fully saturated rings. The van der Waals surface area contributed by atoms with Crippen molar-refractivity contribution < 1.29 is 9.53 Å². The second-order valence-corrected chi connectivity index (χ2v) is 8.11. The summed E-state index contributed by atoms with van der Waals surface area (Å²) >= 11 is 6.27. The number of carbonyl (C=O) groups is 1. The van der Waals surface area contributed by atoms with E-state index in [1.807, 2.05) is 42.6 Å². The van der Waals surface area contributed by atoms with Gasteiger partial charge in [0, 0.05) is 35.8 Å². The van der Waals surface area contributed by atoms with Gasteiger partial charge in [0.25, 0.3) is 0 Å². The third-order valence-corrected chi connectivity index (χ3v) is 6.09. The third kappa shape index (κ3) is 3.87. The fourth-order valence-corrected chi connectivity index (χ4v) is 4.54. The predicted octanol–water partition coefficient (Wildman–Crippen LogP) is 6.16. The molecule has 5 rings (SSSR count). The number of ether oxygens (including phenoxy) is 1. The molecule has 32 heavy (non-hydrogen) atoms. The summed E-state index contributed by atoms with van der Waals surface area (Å²) in [5, 5.41) is 4.38. The number of pyridine rings is 1. The number of hydrogen-bond donors (Lipinski definition) is 2. The third-order valence-electron chi connectivity index (χ3n) is 5.77. The molecule has 6 heteroatoms. The largest absolute Gasteiger partial charge is 0.449 e. The van der Waals surface area contributed by atoms with Crippen LogP contribution < -0.4 is 5.32 Å². The van der Waals surface area contributed by atoms with Gasteiger partial charge >= 0.3 is 6.09 Å². The topological polar surface area (TPSA) is 67.0 Å². The van der Waals surface area contributed by atoms with E-state index in [4.69, 9.17) is 16.3 Å². The van der Waals surface area contributed by atoms with Gasteiger partial charge in [-0.15, -0.1) is 0 Å². The highest BCUT2D eigenvalue weighted by atomic mass is 35.5. The van der Waals surface area contributed by atoms with E-state index in [0.717, 1.165) is 16.6 Å². The molecule has 2 N–H and O–H groups in total. The number of nitrogens with zero attached hydrogens (tertiary/aromatic N) is 1. The fourth-order valence-electron chi connectivity index (χ4n) is 4.29. The highest BCUT2D eigenvalue weighted by molar-refractivity contribution is 6.35. The van der Waals surface area contributed by atoms with Crippen LogP contribution in [-0.2, 0) is 4.74 Å². The summed E-state index contributed by atoms with van der Waals surface area (Å²) in [7, 11) is 0. The van der Waals surface area contributed by atoms with E-state index in [1.54, 1.807) is 12.3 Å². The van der Waals surface area contributed by atoms with Crippen molar-refractivity contribution in [3.63, 3.8) is 0 Å². The SMILES string of the molecule is O=C(NCCC=Cc1c[nH]c2nccc(Cl)c12)OCC1c2ccccc2-c2ccccc21. The zero-order valence-electron chi connectivity index (χ0n) is 17.3. The molecule has 0 radical (unpaired) electrons. The summed E-state index contributed by atoms with van der Waals surface area (Å²) in [6.45, 7) is 0.804. The molecule has 0 spiro atoms. The maximum atomic E-state index is 12.2. The number of carbonyl (C=O) groups excluding carboxylic acids is 1. The molecule has 2 heterocycles. The van der Waals surface area contributed by atoms with Gasteiger partial charge in [0.05, 0.1) is 5.02 Å². The van der Waals surface area contributed by atoms with Crippen molar-refractivity contribution in [3.8, 4) is 11.1 Å². The van der Waals surface area contributed by atoms with E-state index >= 15 is 0 Å². The second kappa shape index (κ2) is 8.89. The first kappa shape index (κ1) is 20.3. The van der Waals surface area contributed by atoms with Gasteiger partial charge in [0.1, 0.15) is 12.3 Å². The number of amides is 1. The number of nitrogens with one attached hydrogen (secondary N) is 2. The minimum Gasteiger partial charge on any atom is -0.449 e. The van der Waals surface area contributed by atoms with E-state index in [9.17, 15) is 4.79 Å². The highest BCUT2D eigenvalue weighted by Gasteiger charge is 2.28. The van der Waals surface area contributed by atoms with Crippen molar-refractivity contribution in [1.82, 2.24) is 15.3 Å². The molecule has 1 aliphatic carbocycles. The van der Waals surface area contributed by atoms with Crippen LogP contribution in [0, 0.1) is 0 Å². The monoisotopic (exact) mass is 443 g/mol. The first-order valence-electron chi connectivity index (χ1n) is 10.6. The van der Waals surface area contributed by atoms with Crippen molar-refractivity contribution in [3.05, 3.63) is 94.8 Å². The Hall–Kier alpha value is -3.57. The average Bonchev–Trinajstić information content (AvgIpc) is 3.37. The maximum absolute atomic E-state index is 12.2. The number of benzene rings is 2. The van der Waals surface area contributed by atoms with Crippen LogP contribution in [-0.4, -0.2) is 29.2 Å². The lowest BCUT2D eigenvalue weighted by atomic mass is 9.98. The van der Waals surface area contributed by atoms with Crippen LogP contribution >= 0.6 is 11.6 Å². The number of rotatable bonds is 6. The number of alkyl carbamates (subject to hydrolysis) is 1. The van der Waals surface area contributed by atoms with E-state index in [0.29, 0.717) is 24.6 Å². The molecule has 4 aromatic rings. The zero-order chi connectivity index (χ0) is 21.9. The molecule has 0 atom stereocenters. The van der Waals surface area contributed by atoms with E-state index < -0.39 is 6.09 Å². The molecule has 160 valence electrons. The van der Waals surface area contributed by atoms with Crippen LogP contribution in [0.5, 0.6) is 0 Å². The van der Waals surface area contributed by atoms with Gasteiger partial charge in [-0.1, -0.05) is 72.3 Å². The van der Waals surface area contributed by atoms with Crippen LogP contribution in [0.25, 0.3) is 28.2 Å². The molecule has 0 saturated heterocycles. The molecule has 0 bridgehead atoms. The minimum absolute atomic E-state index is 0.0632. The molecule has 0 aliphatic heterocycles. The van der Waals surface area contributed by atoms with Crippen molar-refractivity contribution in [2.24, 2.45) is 0 Å². The summed E-state index contributed by atoms with van der Waals surface area (Å²) < 4.78 is 5.56. The maximum Gasteiger partial charge on any atom is 0.407 e. The molecule has 0 unspecified atom stereocenters. The quantitative estimate of drug-likeness (QED) is 0.351.